The van der Waals surface area contributed by atoms with Crippen LogP contribution >= 0.6 is 0 Å². The molecule has 1 aromatic carbocycles. The number of ketones is 1. The number of benzene rings is 1. The summed E-state index contributed by atoms with van der Waals surface area (Å²) in [5.74, 6) is 1.98. The van der Waals surface area contributed by atoms with Crippen molar-refractivity contribution < 1.29 is 14.3 Å². The predicted molar refractivity (Wildman–Crippen MR) is 70.1 cm³/mol. The Balaban J connectivity index is 1.80. The van der Waals surface area contributed by atoms with E-state index in [1.165, 1.54) is 19.3 Å². The Morgan fingerprint density at radius 2 is 1.72 bits per heavy atom. The molecular formula is C15H20O3. The Labute approximate surface area is 108 Å². The smallest absolute Gasteiger partial charge is 0.173 e. The molecule has 0 heterocycles. The third-order valence-electron chi connectivity index (χ3n) is 3.50. The van der Waals surface area contributed by atoms with E-state index in [1.54, 1.807) is 7.11 Å². The van der Waals surface area contributed by atoms with Crippen molar-refractivity contribution in [1.82, 2.24) is 0 Å². The zero-order valence-electron chi connectivity index (χ0n) is 10.9. The second kappa shape index (κ2) is 6.43. The summed E-state index contributed by atoms with van der Waals surface area (Å²) in [6.45, 7) is 0.191. The molecule has 1 aromatic rings. The van der Waals surface area contributed by atoms with Crippen LogP contribution in [0, 0.1) is 5.92 Å². The number of hydrogen-bond donors (Lipinski definition) is 0. The molecule has 1 fully saturated rings. The fourth-order valence-electron chi connectivity index (χ4n) is 2.37. The molecule has 0 amide bonds. The van der Waals surface area contributed by atoms with Gasteiger partial charge in [0.1, 0.15) is 18.1 Å². The monoisotopic (exact) mass is 248 g/mol. The number of methoxy groups -OCH3 is 1. The van der Waals surface area contributed by atoms with Crippen molar-refractivity contribution >= 4 is 5.78 Å². The number of ether oxygens (including phenoxy) is 2. The van der Waals surface area contributed by atoms with Gasteiger partial charge in [0.2, 0.25) is 0 Å². The van der Waals surface area contributed by atoms with Gasteiger partial charge in [0, 0.05) is 5.92 Å². The molecule has 0 aliphatic heterocycles. The van der Waals surface area contributed by atoms with Crippen LogP contribution in [0.5, 0.6) is 11.5 Å². The minimum atomic E-state index is 0.191. The van der Waals surface area contributed by atoms with Crippen LogP contribution in [0.2, 0.25) is 0 Å². The van der Waals surface area contributed by atoms with E-state index in [9.17, 15) is 4.79 Å². The van der Waals surface area contributed by atoms with Crippen LogP contribution in [0.4, 0.5) is 0 Å². The molecule has 0 bridgehead atoms. The van der Waals surface area contributed by atoms with Crippen molar-refractivity contribution in [2.75, 3.05) is 13.7 Å². The molecule has 18 heavy (non-hydrogen) atoms. The summed E-state index contributed by atoms with van der Waals surface area (Å²) in [4.78, 5) is 11.9. The first kappa shape index (κ1) is 12.9. The molecule has 0 saturated heterocycles. The predicted octanol–water partition coefficient (Wildman–Crippen LogP) is 3.22. The Hall–Kier alpha value is -1.51. The maximum Gasteiger partial charge on any atom is 0.173 e. The number of hydrogen-bond acceptors (Lipinski definition) is 3. The van der Waals surface area contributed by atoms with Gasteiger partial charge in [-0.25, -0.2) is 0 Å². The van der Waals surface area contributed by atoms with E-state index in [4.69, 9.17) is 9.47 Å². The first-order valence-corrected chi connectivity index (χ1v) is 6.59. The molecule has 1 aliphatic rings. The summed E-state index contributed by atoms with van der Waals surface area (Å²) in [6.07, 6.45) is 5.69. The molecule has 3 nitrogen and oxygen atoms in total. The number of carbonyl (C=O) groups is 1. The fraction of sp³-hybridized carbons (Fsp3) is 0.533. The lowest BCUT2D eigenvalue weighted by Gasteiger charge is -2.20. The molecule has 3 heteroatoms. The molecular weight excluding hydrogens is 228 g/mol. The first-order chi connectivity index (χ1) is 8.79. The van der Waals surface area contributed by atoms with E-state index in [-0.39, 0.29) is 18.3 Å². The molecule has 0 N–H and O–H groups in total. The lowest BCUT2D eigenvalue weighted by atomic mass is 9.86. The highest BCUT2D eigenvalue weighted by molar-refractivity contribution is 5.82. The average molecular weight is 248 g/mol. The van der Waals surface area contributed by atoms with Crippen molar-refractivity contribution in [2.24, 2.45) is 5.92 Å². The van der Waals surface area contributed by atoms with E-state index in [0.717, 1.165) is 24.3 Å². The second-order valence-corrected chi connectivity index (χ2v) is 4.77. The van der Waals surface area contributed by atoms with Crippen LogP contribution in [-0.2, 0) is 4.79 Å². The first-order valence-electron chi connectivity index (χ1n) is 6.59. The van der Waals surface area contributed by atoms with Crippen molar-refractivity contribution in [1.29, 1.82) is 0 Å². The van der Waals surface area contributed by atoms with Gasteiger partial charge in [0.25, 0.3) is 0 Å². The maximum atomic E-state index is 11.9. The van der Waals surface area contributed by atoms with Crippen LogP contribution in [0.1, 0.15) is 32.1 Å². The lowest BCUT2D eigenvalue weighted by molar-refractivity contribution is -0.125. The number of carbonyl (C=O) groups excluding carboxylic acids is 1. The van der Waals surface area contributed by atoms with Crippen molar-refractivity contribution in [2.45, 2.75) is 32.1 Å². The third kappa shape index (κ3) is 3.49. The number of rotatable bonds is 5. The van der Waals surface area contributed by atoms with Gasteiger partial charge in [-0.3, -0.25) is 4.79 Å². The van der Waals surface area contributed by atoms with Gasteiger partial charge < -0.3 is 9.47 Å². The highest BCUT2D eigenvalue weighted by Crippen LogP contribution is 2.25. The van der Waals surface area contributed by atoms with Crippen molar-refractivity contribution in [3.8, 4) is 11.5 Å². The standard InChI is InChI=1S/C15H20O3/c1-17-13-7-9-14(10-8-13)18-11-15(16)12-5-3-2-4-6-12/h7-10,12H,2-6,11H2,1H3. The SMILES string of the molecule is COc1ccc(OCC(=O)C2CCCCC2)cc1. The van der Waals surface area contributed by atoms with Crippen LogP contribution in [0.25, 0.3) is 0 Å². The highest BCUT2D eigenvalue weighted by Gasteiger charge is 2.21. The molecule has 1 saturated carbocycles. The normalized spacial score (nSPS) is 16.3. The van der Waals surface area contributed by atoms with Gasteiger partial charge in [-0.15, -0.1) is 0 Å². The van der Waals surface area contributed by atoms with Gasteiger partial charge >= 0.3 is 0 Å². The van der Waals surface area contributed by atoms with Gasteiger partial charge in [0.05, 0.1) is 7.11 Å². The summed E-state index contributed by atoms with van der Waals surface area (Å²) in [5.41, 5.74) is 0. The van der Waals surface area contributed by atoms with Gasteiger partial charge in [-0.05, 0) is 37.1 Å². The Morgan fingerprint density at radius 1 is 1.11 bits per heavy atom. The Bertz CT molecular complexity index is 377. The third-order valence-corrected chi connectivity index (χ3v) is 3.50. The quantitative estimate of drug-likeness (QED) is 0.802. The largest absolute Gasteiger partial charge is 0.497 e. The molecule has 0 unspecified atom stereocenters. The van der Waals surface area contributed by atoms with Gasteiger partial charge in [0.15, 0.2) is 5.78 Å². The van der Waals surface area contributed by atoms with Crippen LogP contribution in [0.3, 0.4) is 0 Å². The molecule has 98 valence electrons. The summed E-state index contributed by atoms with van der Waals surface area (Å²) >= 11 is 0. The van der Waals surface area contributed by atoms with Crippen LogP contribution < -0.4 is 9.47 Å². The van der Waals surface area contributed by atoms with E-state index >= 15 is 0 Å². The molecule has 0 aromatic heterocycles. The van der Waals surface area contributed by atoms with E-state index in [2.05, 4.69) is 0 Å². The molecule has 2 rings (SSSR count). The van der Waals surface area contributed by atoms with Crippen molar-refractivity contribution in [3.63, 3.8) is 0 Å². The maximum absolute atomic E-state index is 11.9. The molecule has 0 atom stereocenters. The Kier molecular flexibility index (Phi) is 4.62. The molecule has 1 aliphatic carbocycles. The van der Waals surface area contributed by atoms with E-state index in [1.807, 2.05) is 24.3 Å². The van der Waals surface area contributed by atoms with Crippen LogP contribution in [0.15, 0.2) is 24.3 Å². The van der Waals surface area contributed by atoms with E-state index < -0.39 is 0 Å². The minimum absolute atomic E-state index is 0.191. The zero-order chi connectivity index (χ0) is 12.8. The lowest BCUT2D eigenvalue weighted by Crippen LogP contribution is -2.23. The average Bonchev–Trinajstić information content (AvgIpc) is 2.46. The summed E-state index contributed by atoms with van der Waals surface area (Å²) in [6, 6.07) is 7.32. The summed E-state index contributed by atoms with van der Waals surface area (Å²) in [5, 5.41) is 0. The zero-order valence-corrected chi connectivity index (χ0v) is 10.9. The molecule has 0 radical (unpaired) electrons. The second-order valence-electron chi connectivity index (χ2n) is 4.77. The fourth-order valence-corrected chi connectivity index (χ4v) is 2.37. The number of Topliss-reactive ketones (excluding diaryl/α,β-unsaturated/α-hetero) is 1. The van der Waals surface area contributed by atoms with Crippen LogP contribution in [-0.4, -0.2) is 19.5 Å². The van der Waals surface area contributed by atoms with E-state index in [0.29, 0.717) is 0 Å². The van der Waals surface area contributed by atoms with Gasteiger partial charge in [-0.1, -0.05) is 19.3 Å². The Morgan fingerprint density at radius 3 is 2.33 bits per heavy atom. The minimum Gasteiger partial charge on any atom is -0.497 e. The summed E-state index contributed by atoms with van der Waals surface area (Å²) < 4.78 is 10.6. The topological polar surface area (TPSA) is 35.5 Å². The van der Waals surface area contributed by atoms with Crippen molar-refractivity contribution in [3.05, 3.63) is 24.3 Å². The highest BCUT2D eigenvalue weighted by atomic mass is 16.5. The summed E-state index contributed by atoms with van der Waals surface area (Å²) in [7, 11) is 1.63. The molecule has 0 spiro atoms. The van der Waals surface area contributed by atoms with Gasteiger partial charge in [-0.2, -0.15) is 0 Å².